The molecular formula is C5H5MgNO3S. The van der Waals surface area contributed by atoms with E-state index in [4.69, 9.17) is 4.55 Å². The van der Waals surface area contributed by atoms with Crippen LogP contribution in [0.1, 0.15) is 0 Å². The first kappa shape index (κ1) is 10.8. The molecule has 1 aromatic heterocycles. The first-order valence-corrected chi connectivity index (χ1v) is 3.93. The van der Waals surface area contributed by atoms with Crippen LogP contribution in [0.2, 0.25) is 0 Å². The summed E-state index contributed by atoms with van der Waals surface area (Å²) in [6.07, 6.45) is 1.29. The Balaban J connectivity index is 0.000001000. The molecule has 1 heterocycles. The van der Waals surface area contributed by atoms with Crippen molar-refractivity contribution in [1.82, 2.24) is 4.98 Å². The Bertz CT molecular complexity index is 310. The molecule has 56 valence electrons. The van der Waals surface area contributed by atoms with E-state index >= 15 is 0 Å². The number of nitrogens with zero attached hydrogens (tertiary/aromatic N) is 1. The standard InChI is InChI=1S/C5H5NO3S.Mg/c7-10(8,9)5-3-1-2-4-6-5;/h1-4H,(H,7,8,9);. The van der Waals surface area contributed by atoms with Crippen LogP contribution in [0, 0.1) is 0 Å². The molecule has 2 radical (unpaired) electrons. The van der Waals surface area contributed by atoms with Gasteiger partial charge in [0.15, 0.2) is 5.03 Å². The smallest absolute Gasteiger partial charge is 0.281 e. The summed E-state index contributed by atoms with van der Waals surface area (Å²) in [5, 5.41) is -0.324. The summed E-state index contributed by atoms with van der Waals surface area (Å²) >= 11 is 0. The van der Waals surface area contributed by atoms with Gasteiger partial charge < -0.3 is 0 Å². The van der Waals surface area contributed by atoms with Crippen LogP contribution in [-0.4, -0.2) is 41.0 Å². The highest BCUT2D eigenvalue weighted by atomic mass is 32.2. The summed E-state index contributed by atoms with van der Waals surface area (Å²) in [6.45, 7) is 0. The molecule has 0 aliphatic heterocycles. The Morgan fingerprint density at radius 1 is 1.36 bits per heavy atom. The minimum Gasteiger partial charge on any atom is -0.281 e. The lowest BCUT2D eigenvalue weighted by Gasteiger charge is -1.91. The summed E-state index contributed by atoms with van der Waals surface area (Å²) in [5.74, 6) is 0. The maximum Gasteiger partial charge on any atom is 0.312 e. The van der Waals surface area contributed by atoms with E-state index in [0.29, 0.717) is 0 Å². The van der Waals surface area contributed by atoms with Gasteiger partial charge in [0.05, 0.1) is 0 Å². The van der Waals surface area contributed by atoms with Gasteiger partial charge in [-0.1, -0.05) is 6.07 Å². The highest BCUT2D eigenvalue weighted by molar-refractivity contribution is 7.85. The van der Waals surface area contributed by atoms with Gasteiger partial charge in [-0.05, 0) is 12.1 Å². The fourth-order valence-corrected chi connectivity index (χ4v) is 0.944. The molecule has 0 aromatic carbocycles. The van der Waals surface area contributed by atoms with E-state index in [1.54, 1.807) is 6.07 Å². The van der Waals surface area contributed by atoms with Crippen LogP contribution in [0.5, 0.6) is 0 Å². The van der Waals surface area contributed by atoms with Gasteiger partial charge in [-0.2, -0.15) is 8.42 Å². The summed E-state index contributed by atoms with van der Waals surface area (Å²) in [7, 11) is -4.11. The molecule has 1 aromatic rings. The Labute approximate surface area is 80.5 Å². The van der Waals surface area contributed by atoms with Crippen molar-refractivity contribution in [2.75, 3.05) is 0 Å². The van der Waals surface area contributed by atoms with E-state index in [9.17, 15) is 8.42 Å². The van der Waals surface area contributed by atoms with Crippen LogP contribution < -0.4 is 0 Å². The van der Waals surface area contributed by atoms with Gasteiger partial charge in [-0.15, -0.1) is 0 Å². The SMILES string of the molecule is O=S(=O)(O)c1ccccn1.[Mg]. The lowest BCUT2D eigenvalue weighted by molar-refractivity contribution is 0.479. The van der Waals surface area contributed by atoms with Crippen LogP contribution in [0.4, 0.5) is 0 Å². The monoisotopic (exact) mass is 183 g/mol. The lowest BCUT2D eigenvalue weighted by Crippen LogP contribution is -1.99. The third kappa shape index (κ3) is 3.15. The van der Waals surface area contributed by atoms with Crippen LogP contribution in [0.25, 0.3) is 0 Å². The van der Waals surface area contributed by atoms with Gasteiger partial charge in [0, 0.05) is 29.2 Å². The minimum atomic E-state index is -4.11. The quantitative estimate of drug-likeness (QED) is 0.490. The molecule has 1 N–H and O–H groups in total. The van der Waals surface area contributed by atoms with Crippen molar-refractivity contribution in [3.05, 3.63) is 24.4 Å². The van der Waals surface area contributed by atoms with Crippen LogP contribution in [-0.2, 0) is 10.1 Å². The maximum atomic E-state index is 10.3. The molecule has 0 bridgehead atoms. The van der Waals surface area contributed by atoms with Crippen molar-refractivity contribution in [2.45, 2.75) is 5.03 Å². The van der Waals surface area contributed by atoms with Gasteiger partial charge in [0.1, 0.15) is 0 Å². The molecule has 0 fully saturated rings. The van der Waals surface area contributed by atoms with Crippen LogP contribution in [0.15, 0.2) is 29.4 Å². The van der Waals surface area contributed by atoms with Crippen molar-refractivity contribution in [3.8, 4) is 0 Å². The van der Waals surface area contributed by atoms with Gasteiger partial charge in [0.2, 0.25) is 0 Å². The van der Waals surface area contributed by atoms with Crippen molar-refractivity contribution in [1.29, 1.82) is 0 Å². The molecule has 0 saturated heterocycles. The summed E-state index contributed by atoms with van der Waals surface area (Å²) in [6, 6.07) is 4.26. The molecule has 0 unspecified atom stereocenters. The van der Waals surface area contributed by atoms with Gasteiger partial charge in [0.25, 0.3) is 0 Å². The minimum absolute atomic E-state index is 0. The van der Waals surface area contributed by atoms with E-state index in [1.807, 2.05) is 0 Å². The molecule has 0 atom stereocenters. The van der Waals surface area contributed by atoms with Crippen LogP contribution in [0.3, 0.4) is 0 Å². The van der Waals surface area contributed by atoms with Crippen molar-refractivity contribution >= 4 is 33.2 Å². The topological polar surface area (TPSA) is 67.3 Å². The Morgan fingerprint density at radius 3 is 2.27 bits per heavy atom. The summed E-state index contributed by atoms with van der Waals surface area (Å²) < 4.78 is 29.1. The van der Waals surface area contributed by atoms with Gasteiger partial charge in [-0.25, -0.2) is 4.98 Å². The molecular weight excluding hydrogens is 178 g/mol. The van der Waals surface area contributed by atoms with Crippen LogP contribution >= 0.6 is 0 Å². The highest BCUT2D eigenvalue weighted by Gasteiger charge is 2.07. The number of pyridine rings is 1. The molecule has 6 heteroatoms. The molecule has 11 heavy (non-hydrogen) atoms. The molecule has 0 aliphatic rings. The first-order valence-electron chi connectivity index (χ1n) is 2.49. The Hall–Kier alpha value is -0.174. The van der Waals surface area contributed by atoms with E-state index in [-0.39, 0.29) is 28.1 Å². The zero-order valence-corrected chi connectivity index (χ0v) is 7.87. The van der Waals surface area contributed by atoms with Gasteiger partial charge >= 0.3 is 10.1 Å². The molecule has 0 saturated carbocycles. The molecule has 4 nitrogen and oxygen atoms in total. The molecule has 0 spiro atoms. The van der Waals surface area contributed by atoms with Crippen molar-refractivity contribution in [2.24, 2.45) is 0 Å². The summed E-state index contributed by atoms with van der Waals surface area (Å²) in [4.78, 5) is 3.41. The average molecular weight is 183 g/mol. The lowest BCUT2D eigenvalue weighted by atomic mass is 10.5. The number of aromatic nitrogens is 1. The van der Waals surface area contributed by atoms with E-state index < -0.39 is 10.1 Å². The number of hydrogen-bond acceptors (Lipinski definition) is 3. The second kappa shape index (κ2) is 4.00. The average Bonchev–Trinajstić information content (AvgIpc) is 1.88. The first-order chi connectivity index (χ1) is 4.61. The molecule has 0 aliphatic carbocycles. The Morgan fingerprint density at radius 2 is 2.00 bits per heavy atom. The zero-order valence-electron chi connectivity index (χ0n) is 5.64. The maximum absolute atomic E-state index is 10.3. The molecule has 1 rings (SSSR count). The predicted octanol–water partition coefficient (Wildman–Crippen LogP) is -0.0525. The zero-order chi connectivity index (χ0) is 7.61. The second-order valence-corrected chi connectivity index (χ2v) is 3.01. The predicted molar refractivity (Wildman–Crippen MR) is 39.8 cm³/mol. The highest BCUT2D eigenvalue weighted by Crippen LogP contribution is 2.00. The van der Waals surface area contributed by atoms with Crippen molar-refractivity contribution in [3.63, 3.8) is 0 Å². The third-order valence-electron chi connectivity index (χ3n) is 0.902. The van der Waals surface area contributed by atoms with E-state index in [2.05, 4.69) is 4.98 Å². The van der Waals surface area contributed by atoms with E-state index in [1.165, 1.54) is 18.3 Å². The van der Waals surface area contributed by atoms with Crippen molar-refractivity contribution < 1.29 is 13.0 Å². The van der Waals surface area contributed by atoms with Gasteiger partial charge in [-0.3, -0.25) is 4.55 Å². The Kier molecular flexibility index (Phi) is 3.94. The largest absolute Gasteiger partial charge is 0.312 e. The number of hydrogen-bond donors (Lipinski definition) is 1. The fraction of sp³-hybridized carbons (Fsp3) is 0. The molecule has 0 amide bonds. The second-order valence-electron chi connectivity index (χ2n) is 1.64. The normalized spacial score (nSPS) is 10.3. The summed E-state index contributed by atoms with van der Waals surface area (Å²) in [5.41, 5.74) is 0. The van der Waals surface area contributed by atoms with E-state index in [0.717, 1.165) is 0 Å². The third-order valence-corrected chi connectivity index (χ3v) is 1.67. The fourth-order valence-electron chi connectivity index (χ4n) is 0.500. The number of rotatable bonds is 1.